The third-order valence-electron chi connectivity index (χ3n) is 2.58. The lowest BCUT2D eigenvalue weighted by Gasteiger charge is -2.09. The Hall–Kier alpha value is -2.05. The van der Waals surface area contributed by atoms with E-state index in [4.69, 9.17) is 10.5 Å². The number of nitrogens with one attached hydrogen (secondary N) is 2. The van der Waals surface area contributed by atoms with E-state index in [9.17, 15) is 8.42 Å². The standard InChI is InChI=1S/C14H15N2O3S/c15-13-8-4-5-9-14(13)20(17,18)16-10-11-19-12-6-2-1-3-7-12/h1-9,15-16H,10-11H2. The van der Waals surface area contributed by atoms with Gasteiger partial charge in [-0.1, -0.05) is 30.3 Å². The Bertz CT molecular complexity index is 657. The number of rotatable bonds is 6. The van der Waals surface area contributed by atoms with Gasteiger partial charge in [0.15, 0.2) is 0 Å². The summed E-state index contributed by atoms with van der Waals surface area (Å²) in [5, 5.41) is 0. The number of para-hydroxylation sites is 1. The highest BCUT2D eigenvalue weighted by molar-refractivity contribution is 7.89. The van der Waals surface area contributed by atoms with Gasteiger partial charge in [0.1, 0.15) is 17.3 Å². The van der Waals surface area contributed by atoms with Crippen LogP contribution in [0, 0.1) is 0 Å². The van der Waals surface area contributed by atoms with E-state index in [2.05, 4.69) is 4.72 Å². The number of hydrogen-bond acceptors (Lipinski definition) is 3. The molecule has 0 aliphatic heterocycles. The quantitative estimate of drug-likeness (QED) is 0.826. The molecule has 2 N–H and O–H groups in total. The molecular weight excluding hydrogens is 276 g/mol. The first kappa shape index (κ1) is 14.4. The summed E-state index contributed by atoms with van der Waals surface area (Å²) in [7, 11) is -3.66. The zero-order valence-corrected chi connectivity index (χ0v) is 11.6. The second kappa shape index (κ2) is 6.40. The van der Waals surface area contributed by atoms with Crippen molar-refractivity contribution in [3.05, 3.63) is 54.6 Å². The summed E-state index contributed by atoms with van der Waals surface area (Å²) in [6.07, 6.45) is 0. The molecule has 5 nitrogen and oxygen atoms in total. The normalized spacial score (nSPS) is 11.2. The number of hydrogen-bond donors (Lipinski definition) is 1. The van der Waals surface area contributed by atoms with Gasteiger partial charge in [-0.3, -0.25) is 5.73 Å². The summed E-state index contributed by atoms with van der Waals surface area (Å²) in [4.78, 5) is -0.0280. The molecule has 0 spiro atoms. The van der Waals surface area contributed by atoms with Crippen molar-refractivity contribution in [3.8, 4) is 5.75 Å². The van der Waals surface area contributed by atoms with E-state index >= 15 is 0 Å². The van der Waals surface area contributed by atoms with Crippen LogP contribution in [0.2, 0.25) is 0 Å². The Labute approximate surface area is 118 Å². The van der Waals surface area contributed by atoms with Gasteiger partial charge >= 0.3 is 0 Å². The summed E-state index contributed by atoms with van der Waals surface area (Å²) in [5.41, 5.74) is 7.57. The second-order valence-electron chi connectivity index (χ2n) is 4.06. The van der Waals surface area contributed by atoms with Crippen LogP contribution in [0.5, 0.6) is 5.75 Å². The van der Waals surface area contributed by atoms with E-state index in [1.807, 2.05) is 18.2 Å². The van der Waals surface area contributed by atoms with E-state index in [0.29, 0.717) is 5.75 Å². The fourth-order valence-corrected chi connectivity index (χ4v) is 2.76. The number of ether oxygens (including phenoxy) is 1. The van der Waals surface area contributed by atoms with Crippen molar-refractivity contribution >= 4 is 15.7 Å². The molecule has 0 amide bonds. The van der Waals surface area contributed by atoms with Gasteiger partial charge in [0, 0.05) is 6.54 Å². The van der Waals surface area contributed by atoms with Crippen molar-refractivity contribution in [1.29, 1.82) is 0 Å². The monoisotopic (exact) mass is 291 g/mol. The zero-order chi connectivity index (χ0) is 14.4. The molecule has 0 aliphatic rings. The van der Waals surface area contributed by atoms with Gasteiger partial charge in [0.2, 0.25) is 10.0 Å². The largest absolute Gasteiger partial charge is 0.492 e. The number of benzene rings is 2. The Morgan fingerprint density at radius 1 is 1.00 bits per heavy atom. The molecule has 0 fully saturated rings. The second-order valence-corrected chi connectivity index (χ2v) is 5.79. The smallest absolute Gasteiger partial charge is 0.242 e. The molecule has 6 heteroatoms. The molecule has 105 valence electrons. The predicted octanol–water partition coefficient (Wildman–Crippen LogP) is 1.96. The maximum atomic E-state index is 12.0. The molecule has 2 aromatic rings. The van der Waals surface area contributed by atoms with Crippen LogP contribution < -0.4 is 15.2 Å². The topological polar surface area (TPSA) is 79.2 Å². The molecule has 0 saturated carbocycles. The van der Waals surface area contributed by atoms with Crippen molar-refractivity contribution < 1.29 is 13.2 Å². The summed E-state index contributed by atoms with van der Waals surface area (Å²) in [6, 6.07) is 15.2. The Morgan fingerprint density at radius 3 is 2.35 bits per heavy atom. The molecule has 0 saturated heterocycles. The maximum Gasteiger partial charge on any atom is 0.242 e. The fourth-order valence-electron chi connectivity index (χ4n) is 1.64. The van der Waals surface area contributed by atoms with E-state index in [-0.39, 0.29) is 23.7 Å². The molecule has 2 aromatic carbocycles. The molecule has 0 aromatic heterocycles. The van der Waals surface area contributed by atoms with Gasteiger partial charge in [0.05, 0.1) is 5.69 Å². The van der Waals surface area contributed by atoms with E-state index in [0.717, 1.165) is 0 Å². The molecule has 20 heavy (non-hydrogen) atoms. The first-order chi connectivity index (χ1) is 9.59. The minimum Gasteiger partial charge on any atom is -0.492 e. The Balaban J connectivity index is 1.89. The van der Waals surface area contributed by atoms with E-state index in [1.165, 1.54) is 12.1 Å². The highest BCUT2D eigenvalue weighted by Crippen LogP contribution is 2.18. The highest BCUT2D eigenvalue weighted by Gasteiger charge is 2.16. The molecule has 1 radical (unpaired) electrons. The van der Waals surface area contributed by atoms with Crippen molar-refractivity contribution in [2.75, 3.05) is 13.2 Å². The third kappa shape index (κ3) is 3.72. The molecule has 0 atom stereocenters. The summed E-state index contributed by atoms with van der Waals surface area (Å²) >= 11 is 0. The maximum absolute atomic E-state index is 12.0. The van der Waals surface area contributed by atoms with Crippen LogP contribution in [0.25, 0.3) is 0 Å². The van der Waals surface area contributed by atoms with Gasteiger partial charge in [-0.25, -0.2) is 13.1 Å². The molecule has 0 unspecified atom stereocenters. The van der Waals surface area contributed by atoms with Crippen molar-refractivity contribution in [2.45, 2.75) is 4.90 Å². The first-order valence-corrected chi connectivity index (χ1v) is 7.56. The molecular formula is C14H15N2O3S. The van der Waals surface area contributed by atoms with Crippen LogP contribution in [-0.2, 0) is 10.0 Å². The van der Waals surface area contributed by atoms with Gasteiger partial charge < -0.3 is 4.74 Å². The molecule has 0 bridgehead atoms. The van der Waals surface area contributed by atoms with Crippen molar-refractivity contribution in [1.82, 2.24) is 10.5 Å². The van der Waals surface area contributed by atoms with Gasteiger partial charge in [0.25, 0.3) is 0 Å². The minimum absolute atomic E-state index is 0.0241. The molecule has 2 rings (SSSR count). The van der Waals surface area contributed by atoms with Crippen LogP contribution in [0.4, 0.5) is 5.69 Å². The Morgan fingerprint density at radius 2 is 1.65 bits per heavy atom. The lowest BCUT2D eigenvalue weighted by molar-refractivity contribution is 0.323. The van der Waals surface area contributed by atoms with Crippen molar-refractivity contribution in [3.63, 3.8) is 0 Å². The van der Waals surface area contributed by atoms with E-state index in [1.54, 1.807) is 24.3 Å². The third-order valence-corrected chi connectivity index (χ3v) is 4.10. The average Bonchev–Trinajstić information content (AvgIpc) is 2.45. The molecule has 0 aliphatic carbocycles. The fraction of sp³-hybridized carbons (Fsp3) is 0.143. The summed E-state index contributed by atoms with van der Waals surface area (Å²) in [6.45, 7) is 0.370. The van der Waals surface area contributed by atoms with Crippen LogP contribution >= 0.6 is 0 Å². The SMILES string of the molecule is [NH]c1ccccc1S(=O)(=O)NCCOc1ccccc1. The van der Waals surface area contributed by atoms with Gasteiger partial charge in [-0.2, -0.15) is 0 Å². The highest BCUT2D eigenvalue weighted by atomic mass is 32.2. The van der Waals surface area contributed by atoms with E-state index < -0.39 is 10.0 Å². The average molecular weight is 291 g/mol. The van der Waals surface area contributed by atoms with Crippen LogP contribution in [0.15, 0.2) is 59.5 Å². The van der Waals surface area contributed by atoms with Gasteiger partial charge in [-0.05, 0) is 24.3 Å². The predicted molar refractivity (Wildman–Crippen MR) is 76.3 cm³/mol. The summed E-state index contributed by atoms with van der Waals surface area (Å²) in [5.74, 6) is 0.688. The van der Waals surface area contributed by atoms with Gasteiger partial charge in [-0.15, -0.1) is 0 Å². The number of sulfonamides is 1. The lowest BCUT2D eigenvalue weighted by atomic mass is 10.3. The summed E-state index contributed by atoms with van der Waals surface area (Å²) < 4.78 is 31.8. The lowest BCUT2D eigenvalue weighted by Crippen LogP contribution is -2.28. The van der Waals surface area contributed by atoms with Crippen LogP contribution in [0.3, 0.4) is 0 Å². The zero-order valence-electron chi connectivity index (χ0n) is 10.7. The minimum atomic E-state index is -3.66. The molecule has 0 heterocycles. The Kier molecular flexibility index (Phi) is 4.60. The van der Waals surface area contributed by atoms with Crippen LogP contribution in [0.1, 0.15) is 0 Å². The van der Waals surface area contributed by atoms with Crippen LogP contribution in [-0.4, -0.2) is 21.6 Å². The van der Waals surface area contributed by atoms with Crippen molar-refractivity contribution in [2.24, 2.45) is 0 Å². The first-order valence-electron chi connectivity index (χ1n) is 6.08.